The van der Waals surface area contributed by atoms with Crippen molar-refractivity contribution in [2.45, 2.75) is 38.8 Å². The van der Waals surface area contributed by atoms with E-state index in [2.05, 4.69) is 44.4 Å². The van der Waals surface area contributed by atoms with Gasteiger partial charge in [0.25, 0.3) is 5.91 Å². The number of fused-ring (bicyclic) bond motifs is 1. The molecule has 2 saturated heterocycles. The maximum Gasteiger partial charge on any atom is 0.274 e. The fraction of sp³-hybridized carbons (Fsp3) is 0.478. The van der Waals surface area contributed by atoms with Gasteiger partial charge in [-0.1, -0.05) is 35.5 Å². The molecule has 0 spiro atoms. The number of piperidine rings is 1. The molecule has 1 amide bonds. The molecular formula is C23H28N6O2. The Morgan fingerprint density at radius 2 is 2.06 bits per heavy atom. The number of benzene rings is 1. The summed E-state index contributed by atoms with van der Waals surface area (Å²) in [5.41, 5.74) is 1.46. The number of carbonyl (C=O) groups is 1. The molecule has 2 aromatic heterocycles. The first kappa shape index (κ1) is 19.9. The number of nitrogens with zero attached hydrogens (tertiary/aromatic N) is 6. The number of hydrogen-bond acceptors (Lipinski definition) is 6. The van der Waals surface area contributed by atoms with Crippen LogP contribution in [0, 0.1) is 12.8 Å². The molecule has 0 radical (unpaired) electrons. The average molecular weight is 421 g/mol. The Labute approximate surface area is 181 Å². The van der Waals surface area contributed by atoms with E-state index in [9.17, 15) is 4.79 Å². The van der Waals surface area contributed by atoms with E-state index < -0.39 is 0 Å². The van der Waals surface area contributed by atoms with E-state index >= 15 is 0 Å². The highest BCUT2D eigenvalue weighted by Crippen LogP contribution is 2.44. The summed E-state index contributed by atoms with van der Waals surface area (Å²) >= 11 is 0. The summed E-state index contributed by atoms with van der Waals surface area (Å²) in [5, 5.41) is 8.75. The summed E-state index contributed by atoms with van der Waals surface area (Å²) in [5.74, 6) is 1.65. The first-order valence-corrected chi connectivity index (χ1v) is 11.0. The van der Waals surface area contributed by atoms with Crippen LogP contribution in [0.3, 0.4) is 0 Å². The van der Waals surface area contributed by atoms with Crippen LogP contribution in [0.4, 0.5) is 0 Å². The molecule has 5 rings (SSSR count). The van der Waals surface area contributed by atoms with Crippen LogP contribution in [-0.4, -0.2) is 61.8 Å². The zero-order chi connectivity index (χ0) is 21.4. The quantitative estimate of drug-likeness (QED) is 0.631. The number of amides is 1. The predicted octanol–water partition coefficient (Wildman–Crippen LogP) is 2.51. The monoisotopic (exact) mass is 420 g/mol. The van der Waals surface area contributed by atoms with Crippen LogP contribution in [0.2, 0.25) is 0 Å². The third-order valence-corrected chi connectivity index (χ3v) is 6.68. The van der Waals surface area contributed by atoms with Crippen molar-refractivity contribution in [2.24, 2.45) is 5.92 Å². The summed E-state index contributed by atoms with van der Waals surface area (Å²) < 4.78 is 7.16. The molecule has 31 heavy (non-hydrogen) atoms. The fourth-order valence-corrected chi connectivity index (χ4v) is 5.13. The van der Waals surface area contributed by atoms with Crippen LogP contribution in [0.5, 0.6) is 0 Å². The summed E-state index contributed by atoms with van der Waals surface area (Å²) in [7, 11) is 0. The van der Waals surface area contributed by atoms with Gasteiger partial charge in [0.05, 0.1) is 5.41 Å². The molecule has 2 aliphatic heterocycles. The number of likely N-dealkylation sites (tertiary alicyclic amines) is 2. The minimum atomic E-state index is -0.326. The minimum absolute atomic E-state index is 0.0215. The minimum Gasteiger partial charge on any atom is -0.340 e. The van der Waals surface area contributed by atoms with E-state index in [4.69, 9.17) is 4.52 Å². The van der Waals surface area contributed by atoms with E-state index in [0.717, 1.165) is 45.0 Å². The maximum absolute atomic E-state index is 13.2. The third-order valence-electron chi connectivity index (χ3n) is 6.68. The van der Waals surface area contributed by atoms with E-state index in [-0.39, 0.29) is 11.3 Å². The molecule has 2 atom stereocenters. The Morgan fingerprint density at radius 3 is 2.77 bits per heavy atom. The first-order valence-electron chi connectivity index (χ1n) is 11.0. The molecule has 1 aromatic carbocycles. The summed E-state index contributed by atoms with van der Waals surface area (Å²) in [6.07, 6.45) is 2.77. The predicted molar refractivity (Wildman–Crippen MR) is 114 cm³/mol. The molecule has 0 bridgehead atoms. The summed E-state index contributed by atoms with van der Waals surface area (Å²) in [6.45, 7) is 8.54. The van der Waals surface area contributed by atoms with Crippen molar-refractivity contribution >= 4 is 5.91 Å². The molecule has 2 aliphatic rings. The summed E-state index contributed by atoms with van der Waals surface area (Å²) in [6, 6.07) is 12.3. The van der Waals surface area contributed by atoms with Crippen LogP contribution in [0.1, 0.15) is 41.1 Å². The highest BCUT2D eigenvalue weighted by Gasteiger charge is 2.54. The van der Waals surface area contributed by atoms with Crippen LogP contribution in [-0.2, 0) is 18.5 Å². The van der Waals surface area contributed by atoms with Gasteiger partial charge in [0.1, 0.15) is 5.69 Å². The second kappa shape index (κ2) is 7.92. The largest absolute Gasteiger partial charge is 0.340 e. The van der Waals surface area contributed by atoms with Crippen molar-refractivity contribution in [3.63, 3.8) is 0 Å². The number of aryl methyl sites for hydroxylation is 2. The van der Waals surface area contributed by atoms with Crippen molar-refractivity contribution in [1.82, 2.24) is 29.7 Å². The maximum atomic E-state index is 13.2. The van der Waals surface area contributed by atoms with Crippen molar-refractivity contribution in [2.75, 3.05) is 26.2 Å². The van der Waals surface area contributed by atoms with Gasteiger partial charge in [-0.05, 0) is 30.9 Å². The van der Waals surface area contributed by atoms with Crippen molar-refractivity contribution in [3.8, 4) is 0 Å². The molecule has 0 N–H and O–H groups in total. The number of carbonyl (C=O) groups excluding carboxylic acids is 1. The lowest BCUT2D eigenvalue weighted by molar-refractivity contribution is 0.0567. The Hall–Kier alpha value is -3.00. The second-order valence-corrected chi connectivity index (χ2v) is 8.72. The lowest BCUT2D eigenvalue weighted by Crippen LogP contribution is -2.54. The fourth-order valence-electron chi connectivity index (χ4n) is 5.13. The van der Waals surface area contributed by atoms with Crippen molar-refractivity contribution in [3.05, 3.63) is 65.6 Å². The Kier molecular flexibility index (Phi) is 5.09. The molecule has 4 heterocycles. The standard InChI is InChI=1S/C23H28N6O2/c1-3-29-12-10-20(25-29)21(30)28-11-9-19-14-27(13-18-7-5-4-6-8-18)15-23(19,16-28)22-24-17(2)31-26-22/h4-8,10,12,19H,3,9,11,13-16H2,1-2H3/t19-,23+/m0/s1. The third kappa shape index (κ3) is 3.65. The van der Waals surface area contributed by atoms with Gasteiger partial charge >= 0.3 is 0 Å². The van der Waals surface area contributed by atoms with E-state index in [1.807, 2.05) is 31.0 Å². The van der Waals surface area contributed by atoms with Gasteiger partial charge in [0.2, 0.25) is 5.89 Å². The Bertz CT molecular complexity index is 1060. The molecule has 0 unspecified atom stereocenters. The molecule has 8 nitrogen and oxygen atoms in total. The number of aromatic nitrogens is 4. The Morgan fingerprint density at radius 1 is 1.23 bits per heavy atom. The number of rotatable bonds is 5. The normalized spacial score (nSPS) is 23.8. The average Bonchev–Trinajstić information content (AvgIpc) is 3.51. The van der Waals surface area contributed by atoms with E-state index in [0.29, 0.717) is 24.0 Å². The Balaban J connectivity index is 1.42. The van der Waals surface area contributed by atoms with Crippen LogP contribution >= 0.6 is 0 Å². The zero-order valence-corrected chi connectivity index (χ0v) is 18.1. The highest BCUT2D eigenvalue weighted by molar-refractivity contribution is 5.92. The van der Waals surface area contributed by atoms with Crippen LogP contribution < -0.4 is 0 Å². The second-order valence-electron chi connectivity index (χ2n) is 8.72. The van der Waals surface area contributed by atoms with Gasteiger partial charge in [-0.25, -0.2) is 0 Å². The van der Waals surface area contributed by atoms with Crippen molar-refractivity contribution in [1.29, 1.82) is 0 Å². The molecule has 3 aromatic rings. The smallest absolute Gasteiger partial charge is 0.274 e. The van der Waals surface area contributed by atoms with E-state index in [1.165, 1.54) is 5.56 Å². The lowest BCUT2D eigenvalue weighted by atomic mass is 9.72. The van der Waals surface area contributed by atoms with Crippen LogP contribution in [0.25, 0.3) is 0 Å². The van der Waals surface area contributed by atoms with Crippen molar-refractivity contribution < 1.29 is 9.32 Å². The van der Waals surface area contributed by atoms with Gasteiger partial charge in [0.15, 0.2) is 5.82 Å². The van der Waals surface area contributed by atoms with Gasteiger partial charge in [-0.2, -0.15) is 10.1 Å². The number of hydrogen-bond donors (Lipinski definition) is 0. The lowest BCUT2D eigenvalue weighted by Gasteiger charge is -2.42. The molecule has 2 fully saturated rings. The highest BCUT2D eigenvalue weighted by atomic mass is 16.5. The van der Waals surface area contributed by atoms with Gasteiger partial charge in [-0.15, -0.1) is 0 Å². The molecule has 0 saturated carbocycles. The molecular weight excluding hydrogens is 392 g/mol. The molecule has 8 heteroatoms. The van der Waals surface area contributed by atoms with Gasteiger partial charge < -0.3 is 9.42 Å². The van der Waals surface area contributed by atoms with Gasteiger partial charge in [0, 0.05) is 52.4 Å². The molecule has 162 valence electrons. The molecule has 0 aliphatic carbocycles. The van der Waals surface area contributed by atoms with E-state index in [1.54, 1.807) is 10.7 Å². The first-order chi connectivity index (χ1) is 15.1. The van der Waals surface area contributed by atoms with Gasteiger partial charge in [-0.3, -0.25) is 14.4 Å². The van der Waals surface area contributed by atoms with Crippen LogP contribution in [0.15, 0.2) is 47.1 Å². The SMILES string of the molecule is CCn1ccc(C(=O)N2CC[C@H]3CN(Cc4ccccc4)C[C@@]3(c3noc(C)n3)C2)n1. The summed E-state index contributed by atoms with van der Waals surface area (Å²) in [4.78, 5) is 22.3. The topological polar surface area (TPSA) is 80.3 Å². The zero-order valence-electron chi connectivity index (χ0n) is 18.1.